The average molecular weight is 923 g/mol. The molecule has 5 heterocycles. The molecule has 28 heteroatoms. The molecule has 0 fully saturated rings. The van der Waals surface area contributed by atoms with Gasteiger partial charge in [-0.25, -0.2) is 63.6 Å². The minimum absolute atomic E-state index is 0. The molecule has 6 aromatic rings. The summed E-state index contributed by atoms with van der Waals surface area (Å²) in [6.45, 7) is 0. The Hall–Kier alpha value is -2.12. The van der Waals surface area contributed by atoms with Crippen LogP contribution < -0.4 is 118 Å². The number of nitrogens with one attached hydrogen (secondary N) is 2. The third-order valence-electron chi connectivity index (χ3n) is 8.86. The molecule has 3 aliphatic rings. The van der Waals surface area contributed by atoms with Crippen LogP contribution in [0.25, 0.3) is 90.4 Å². The largest absolute Gasteiger partial charge is 1.00 e. The Bertz CT molecular complexity index is 3520. The van der Waals surface area contributed by atoms with Gasteiger partial charge in [0.2, 0.25) is 0 Å². The van der Waals surface area contributed by atoms with Crippen molar-refractivity contribution in [2.45, 2.75) is 19.6 Å². The Morgan fingerprint density at radius 2 is 0.767 bits per heavy atom. The van der Waals surface area contributed by atoms with Crippen LogP contribution in [0.15, 0.2) is 92.4 Å². The first-order valence-electron chi connectivity index (χ1n) is 15.5. The second-order valence-corrected chi connectivity index (χ2v) is 17.5. The molecule has 20 nitrogen and oxygen atoms in total. The Morgan fingerprint density at radius 1 is 0.400 bits per heavy atom. The number of aromatic amines is 2. The molecule has 3 aliphatic heterocycles. The second-order valence-electron chi connectivity index (χ2n) is 12.1. The molecule has 0 saturated carbocycles. The number of H-pyrrole nitrogens is 2. The second kappa shape index (κ2) is 17.1. The summed E-state index contributed by atoms with van der Waals surface area (Å²) in [4.78, 5) is 28.9. The topological polar surface area (TPSA) is 338 Å². The number of fused-ring (bicyclic) bond motifs is 20. The summed E-state index contributed by atoms with van der Waals surface area (Å²) in [5.74, 6) is -2.42. The van der Waals surface area contributed by atoms with Gasteiger partial charge in [-0.05, 0) is 24.3 Å². The molecule has 4 aromatic carbocycles. The maximum absolute atomic E-state index is 12.6. The van der Waals surface area contributed by atoms with Crippen molar-refractivity contribution in [2.24, 2.45) is 0 Å². The van der Waals surface area contributed by atoms with Gasteiger partial charge in [-0.2, -0.15) is 0 Å². The molecule has 0 unspecified atom stereocenters. The summed E-state index contributed by atoms with van der Waals surface area (Å²) < 4.78 is 151. The summed E-state index contributed by atoms with van der Waals surface area (Å²) in [7, 11) is -21.0. The van der Waals surface area contributed by atoms with Crippen LogP contribution in [0.4, 0.5) is 0 Å². The number of hydrogen-bond donors (Lipinski definition) is 2. The van der Waals surface area contributed by atoms with Crippen molar-refractivity contribution >= 4 is 62.5 Å². The van der Waals surface area contributed by atoms with Gasteiger partial charge in [0, 0.05) is 44.2 Å². The summed E-state index contributed by atoms with van der Waals surface area (Å²) in [5, 5.41) is -0.322. The molecule has 2 N–H and O–H groups in total. The zero-order valence-corrected chi connectivity index (χ0v) is 42.4. The van der Waals surface area contributed by atoms with E-state index in [2.05, 4.69) is 39.9 Å². The van der Waals surface area contributed by atoms with Crippen LogP contribution >= 0.6 is 0 Å². The predicted molar refractivity (Wildman–Crippen MR) is 186 cm³/mol. The van der Waals surface area contributed by atoms with Gasteiger partial charge in [0.05, 0.1) is 19.6 Å². The monoisotopic (exact) mass is 922 g/mol. The molecule has 2 aromatic heterocycles. The number of nitrogens with zero attached hydrogens (tertiary/aromatic N) is 6. The molecule has 0 saturated heterocycles. The minimum Gasteiger partial charge on any atom is -0.744 e. The number of aromatic nitrogens is 8. The van der Waals surface area contributed by atoms with Crippen LogP contribution in [0, 0.1) is 0 Å². The molecular weight excluding hydrogens is 909 g/mol. The zero-order valence-electron chi connectivity index (χ0n) is 31.1. The molecule has 0 aliphatic carbocycles. The maximum Gasteiger partial charge on any atom is 1.00 e. The summed E-state index contributed by atoms with van der Waals surface area (Å²) in [5.41, 5.74) is -1.86. The quantitative estimate of drug-likeness (QED) is 0.122. The molecule has 60 heavy (non-hydrogen) atoms. The summed E-state index contributed by atoms with van der Waals surface area (Å²) in [6, 6.07) is 14.1. The molecule has 0 amide bonds. The Morgan fingerprint density at radius 3 is 1.22 bits per heavy atom. The van der Waals surface area contributed by atoms with Crippen molar-refractivity contribution < 1.29 is 170 Å². The first-order chi connectivity index (χ1) is 26.3. The van der Waals surface area contributed by atoms with Gasteiger partial charge in [-0.1, -0.05) is 48.5 Å². The number of benzene rings is 4. The summed E-state index contributed by atoms with van der Waals surface area (Å²) >= 11 is 0. The maximum atomic E-state index is 12.6. The van der Waals surface area contributed by atoms with Gasteiger partial charge < -0.3 is 28.2 Å². The first-order valence-corrected chi connectivity index (χ1v) is 21.1. The van der Waals surface area contributed by atoms with E-state index >= 15 is 0 Å². The van der Waals surface area contributed by atoms with Crippen molar-refractivity contribution in [3.05, 3.63) is 72.8 Å². The molecular formula is C32H14N8Na4O12S4. The van der Waals surface area contributed by atoms with E-state index in [0.29, 0.717) is 0 Å². The molecule has 0 radical (unpaired) electrons. The third kappa shape index (κ3) is 8.36. The molecule has 0 atom stereocenters. The van der Waals surface area contributed by atoms with Gasteiger partial charge in [0.25, 0.3) is 0 Å². The van der Waals surface area contributed by atoms with Gasteiger partial charge in [-0.3, -0.25) is 0 Å². The molecule has 0 spiro atoms. The summed E-state index contributed by atoms with van der Waals surface area (Å²) in [6.07, 6.45) is 0. The van der Waals surface area contributed by atoms with E-state index in [4.69, 9.17) is 0 Å². The third-order valence-corrected chi connectivity index (χ3v) is 12.4. The van der Waals surface area contributed by atoms with Gasteiger partial charge in [0.15, 0.2) is 29.1 Å². The fourth-order valence-electron chi connectivity index (χ4n) is 6.69. The predicted octanol–water partition coefficient (Wildman–Crippen LogP) is -9.60. The SMILES string of the molecule is O=S(=O)([O-])c1cccc2c1-c1nc3nc(nc4[nH]c([nH]c5nc(nc-2n1)-c1c-5cccc1S(=O)(=O)[O-])c1c(S(=O)(=O)[O-])cccc41)-c1c-3cccc1S(=O)(=O)[O-].[Na+].[Na+].[Na+].[Na+]. The van der Waals surface area contributed by atoms with Gasteiger partial charge in [0.1, 0.15) is 57.6 Å². The van der Waals surface area contributed by atoms with E-state index in [1.807, 2.05) is 0 Å². The average Bonchev–Trinajstić information content (AvgIpc) is 3.85. The van der Waals surface area contributed by atoms with Crippen LogP contribution in [0.2, 0.25) is 0 Å². The van der Waals surface area contributed by atoms with E-state index in [9.17, 15) is 51.9 Å². The molecule has 8 bridgehead atoms. The standard InChI is InChI=1S/C32H18N8O12S4.4Na/c41-53(42,43)17-9-1-5-13-21(17)29-33-25(13)37-30-22-14(6-2-10-18(22)54(44,45)46)27(34-30)39-32-24-16(8-4-12-20(24)56(50,51)52)28(36-32)40-31-23-15(26(35-31)38-29)7-3-11-19(23)55(47,48)49;;;;/h1-12H,(H,41,42,43)(H,44,45,46)(H,47,48,49)(H,50,51,52)(H2,33,34,35,36,37,38,39,40);;;;/q;4*+1/p-4. The van der Waals surface area contributed by atoms with Crippen LogP contribution in [-0.4, -0.2) is 91.8 Å². The molecule has 282 valence electrons. The van der Waals surface area contributed by atoms with E-state index in [0.717, 1.165) is 24.3 Å². The van der Waals surface area contributed by atoms with E-state index in [1.165, 1.54) is 48.5 Å². The van der Waals surface area contributed by atoms with Crippen molar-refractivity contribution in [2.75, 3.05) is 0 Å². The Labute approximate surface area is 427 Å². The first kappa shape index (κ1) is 48.9. The zero-order chi connectivity index (χ0) is 39.7. The fourth-order valence-corrected chi connectivity index (χ4v) is 9.49. The van der Waals surface area contributed by atoms with E-state index < -0.39 is 77.5 Å². The van der Waals surface area contributed by atoms with E-state index in [1.54, 1.807) is 0 Å². The van der Waals surface area contributed by atoms with Crippen molar-refractivity contribution in [3.8, 4) is 68.3 Å². The number of hydrogen-bond acceptors (Lipinski definition) is 18. The van der Waals surface area contributed by atoms with Gasteiger partial charge >= 0.3 is 118 Å². The van der Waals surface area contributed by atoms with Crippen molar-refractivity contribution in [1.82, 2.24) is 39.9 Å². The van der Waals surface area contributed by atoms with Crippen LogP contribution in [0.3, 0.4) is 0 Å². The van der Waals surface area contributed by atoms with Crippen molar-refractivity contribution in [1.29, 1.82) is 0 Å². The smallest absolute Gasteiger partial charge is 0.744 e. The van der Waals surface area contributed by atoms with E-state index in [-0.39, 0.29) is 191 Å². The minimum atomic E-state index is -5.25. The Kier molecular flexibility index (Phi) is 13.9. The Balaban J connectivity index is 0.00000171. The van der Waals surface area contributed by atoms with Gasteiger partial charge in [-0.15, -0.1) is 0 Å². The molecule has 9 rings (SSSR count). The fraction of sp³-hybridized carbons (Fsp3) is 0. The van der Waals surface area contributed by atoms with Crippen LogP contribution in [-0.2, 0) is 40.5 Å². The van der Waals surface area contributed by atoms with Crippen LogP contribution in [0.1, 0.15) is 0 Å². The van der Waals surface area contributed by atoms with Crippen molar-refractivity contribution in [3.63, 3.8) is 0 Å². The normalized spacial score (nSPS) is 12.3. The van der Waals surface area contributed by atoms with Crippen LogP contribution in [0.5, 0.6) is 0 Å². The number of rotatable bonds is 4.